The number of amides is 1. The van der Waals surface area contributed by atoms with E-state index < -0.39 is 0 Å². The number of aromatic amines is 1. The summed E-state index contributed by atoms with van der Waals surface area (Å²) in [6, 6.07) is 15.3. The Bertz CT molecular complexity index is 899. The van der Waals surface area contributed by atoms with E-state index in [1.54, 1.807) is 0 Å². The molecule has 1 amide bonds. The lowest BCUT2D eigenvalue weighted by molar-refractivity contribution is 0.0664. The fourth-order valence-electron chi connectivity index (χ4n) is 3.12. The highest BCUT2D eigenvalue weighted by molar-refractivity contribution is 5.97. The van der Waals surface area contributed by atoms with Crippen molar-refractivity contribution in [2.24, 2.45) is 0 Å². The van der Waals surface area contributed by atoms with Crippen molar-refractivity contribution in [2.75, 3.05) is 33.2 Å². The van der Waals surface area contributed by atoms with Gasteiger partial charge in [0, 0.05) is 31.7 Å². The predicted octanol–water partition coefficient (Wildman–Crippen LogP) is 2.53. The second-order valence-electron chi connectivity index (χ2n) is 6.61. The molecule has 6 heteroatoms. The van der Waals surface area contributed by atoms with Crippen LogP contribution in [0.2, 0.25) is 0 Å². The number of para-hydroxylation sites is 1. The maximum Gasteiger partial charge on any atom is 0.254 e. The van der Waals surface area contributed by atoms with E-state index in [0.717, 1.165) is 48.8 Å². The fraction of sp³-hybridized carbons (Fsp3) is 0.300. The molecule has 0 bridgehead atoms. The number of carbonyl (C=O) groups is 1. The van der Waals surface area contributed by atoms with Gasteiger partial charge < -0.3 is 19.5 Å². The van der Waals surface area contributed by atoms with E-state index in [2.05, 4.69) is 21.9 Å². The first kappa shape index (κ1) is 16.6. The number of ether oxygens (including phenoxy) is 1. The van der Waals surface area contributed by atoms with Crippen LogP contribution >= 0.6 is 0 Å². The van der Waals surface area contributed by atoms with Gasteiger partial charge in [0.25, 0.3) is 5.91 Å². The van der Waals surface area contributed by atoms with Crippen molar-refractivity contribution in [1.29, 1.82) is 0 Å². The van der Waals surface area contributed by atoms with Gasteiger partial charge >= 0.3 is 0 Å². The number of fused-ring (bicyclic) bond motifs is 1. The Hall–Kier alpha value is -2.86. The SMILES string of the molecule is CN1CCN(C(=O)c2ccc3nc(COc4ccccc4)[nH]c3c2)CC1. The number of hydrogen-bond acceptors (Lipinski definition) is 4. The molecule has 1 saturated heterocycles. The number of nitrogens with zero attached hydrogens (tertiary/aromatic N) is 3. The van der Waals surface area contributed by atoms with Crippen LogP contribution in [0.1, 0.15) is 16.2 Å². The number of hydrogen-bond donors (Lipinski definition) is 1. The van der Waals surface area contributed by atoms with Crippen molar-refractivity contribution in [3.63, 3.8) is 0 Å². The molecule has 4 rings (SSSR count). The van der Waals surface area contributed by atoms with Gasteiger partial charge in [-0.25, -0.2) is 4.98 Å². The predicted molar refractivity (Wildman–Crippen MR) is 100 cm³/mol. The smallest absolute Gasteiger partial charge is 0.254 e. The van der Waals surface area contributed by atoms with E-state index in [9.17, 15) is 4.79 Å². The number of nitrogens with one attached hydrogen (secondary N) is 1. The summed E-state index contributed by atoms with van der Waals surface area (Å²) in [6.45, 7) is 3.73. The fourth-order valence-corrected chi connectivity index (χ4v) is 3.12. The van der Waals surface area contributed by atoms with E-state index in [1.807, 2.05) is 53.4 Å². The van der Waals surface area contributed by atoms with Gasteiger partial charge in [0.05, 0.1) is 11.0 Å². The lowest BCUT2D eigenvalue weighted by Gasteiger charge is -2.32. The molecule has 0 spiro atoms. The molecule has 3 aromatic rings. The minimum Gasteiger partial charge on any atom is -0.486 e. The molecular weight excluding hydrogens is 328 g/mol. The molecule has 1 aliphatic rings. The summed E-state index contributed by atoms with van der Waals surface area (Å²) in [5, 5.41) is 0. The Morgan fingerprint density at radius 2 is 1.88 bits per heavy atom. The van der Waals surface area contributed by atoms with Gasteiger partial charge in [-0.15, -0.1) is 0 Å². The Balaban J connectivity index is 1.48. The molecule has 0 saturated carbocycles. The summed E-state index contributed by atoms with van der Waals surface area (Å²) >= 11 is 0. The maximum atomic E-state index is 12.7. The Labute approximate surface area is 152 Å². The number of aromatic nitrogens is 2. The van der Waals surface area contributed by atoms with Crippen LogP contribution in [0.5, 0.6) is 5.75 Å². The van der Waals surface area contributed by atoms with Crippen LogP contribution in [0.4, 0.5) is 0 Å². The molecule has 134 valence electrons. The molecule has 1 aromatic heterocycles. The van der Waals surface area contributed by atoms with Crippen LogP contribution < -0.4 is 4.74 Å². The van der Waals surface area contributed by atoms with Gasteiger partial charge in [-0.1, -0.05) is 18.2 Å². The minimum absolute atomic E-state index is 0.0803. The van der Waals surface area contributed by atoms with Crippen molar-refractivity contribution in [2.45, 2.75) is 6.61 Å². The third-order valence-electron chi connectivity index (χ3n) is 4.69. The van der Waals surface area contributed by atoms with Crippen LogP contribution in [0.3, 0.4) is 0 Å². The Morgan fingerprint density at radius 1 is 1.12 bits per heavy atom. The zero-order valence-corrected chi connectivity index (χ0v) is 14.8. The zero-order chi connectivity index (χ0) is 17.9. The van der Waals surface area contributed by atoms with Gasteiger partial charge in [-0.3, -0.25) is 4.79 Å². The van der Waals surface area contributed by atoms with E-state index in [4.69, 9.17) is 4.74 Å². The standard InChI is InChI=1S/C20H22N4O2/c1-23-9-11-24(12-10-23)20(25)15-7-8-17-18(13-15)22-19(21-17)14-26-16-5-3-2-4-6-16/h2-8,13H,9-12,14H2,1H3,(H,21,22). The summed E-state index contributed by atoms with van der Waals surface area (Å²) in [5.74, 6) is 1.63. The third kappa shape index (κ3) is 3.55. The minimum atomic E-state index is 0.0803. The Morgan fingerprint density at radius 3 is 2.65 bits per heavy atom. The topological polar surface area (TPSA) is 61.5 Å². The van der Waals surface area contributed by atoms with Crippen LogP contribution in [0.25, 0.3) is 11.0 Å². The summed E-state index contributed by atoms with van der Waals surface area (Å²) < 4.78 is 5.73. The lowest BCUT2D eigenvalue weighted by atomic mass is 10.1. The number of likely N-dealkylation sites (N-methyl/N-ethyl adjacent to an activating group) is 1. The van der Waals surface area contributed by atoms with Gasteiger partial charge in [-0.05, 0) is 37.4 Å². The van der Waals surface area contributed by atoms with Gasteiger partial charge in [0.2, 0.25) is 0 Å². The first-order chi connectivity index (χ1) is 12.7. The first-order valence-corrected chi connectivity index (χ1v) is 8.83. The van der Waals surface area contributed by atoms with Gasteiger partial charge in [0.1, 0.15) is 18.2 Å². The summed E-state index contributed by atoms with van der Waals surface area (Å²) in [4.78, 5) is 24.7. The molecule has 6 nitrogen and oxygen atoms in total. The second kappa shape index (κ2) is 7.17. The zero-order valence-electron chi connectivity index (χ0n) is 14.8. The highest BCUT2D eigenvalue weighted by Gasteiger charge is 2.20. The molecule has 2 aromatic carbocycles. The monoisotopic (exact) mass is 350 g/mol. The molecule has 0 atom stereocenters. The van der Waals surface area contributed by atoms with Crippen molar-refractivity contribution < 1.29 is 9.53 Å². The second-order valence-corrected chi connectivity index (χ2v) is 6.61. The molecule has 0 radical (unpaired) electrons. The number of piperazine rings is 1. The number of H-pyrrole nitrogens is 1. The Kier molecular flexibility index (Phi) is 4.58. The first-order valence-electron chi connectivity index (χ1n) is 8.83. The molecule has 2 heterocycles. The highest BCUT2D eigenvalue weighted by atomic mass is 16.5. The van der Waals surface area contributed by atoms with Crippen LogP contribution in [0.15, 0.2) is 48.5 Å². The molecular formula is C20H22N4O2. The van der Waals surface area contributed by atoms with E-state index >= 15 is 0 Å². The summed E-state index contributed by atoms with van der Waals surface area (Å²) in [7, 11) is 2.08. The van der Waals surface area contributed by atoms with Crippen LogP contribution in [-0.2, 0) is 6.61 Å². The normalized spacial score (nSPS) is 15.3. The summed E-state index contributed by atoms with van der Waals surface area (Å²) in [6.07, 6.45) is 0. The third-order valence-corrected chi connectivity index (χ3v) is 4.69. The number of imidazole rings is 1. The molecule has 1 aliphatic heterocycles. The van der Waals surface area contributed by atoms with Crippen molar-refractivity contribution >= 4 is 16.9 Å². The quantitative estimate of drug-likeness (QED) is 0.785. The summed E-state index contributed by atoms with van der Waals surface area (Å²) in [5.41, 5.74) is 2.39. The molecule has 26 heavy (non-hydrogen) atoms. The number of benzene rings is 2. The van der Waals surface area contributed by atoms with E-state index in [0.29, 0.717) is 12.2 Å². The van der Waals surface area contributed by atoms with Gasteiger partial charge in [-0.2, -0.15) is 0 Å². The molecule has 0 aliphatic carbocycles. The molecule has 0 unspecified atom stereocenters. The number of rotatable bonds is 4. The van der Waals surface area contributed by atoms with Crippen LogP contribution in [0, 0.1) is 0 Å². The average Bonchev–Trinajstić information content (AvgIpc) is 3.09. The average molecular weight is 350 g/mol. The number of carbonyl (C=O) groups excluding carboxylic acids is 1. The van der Waals surface area contributed by atoms with Gasteiger partial charge in [0.15, 0.2) is 0 Å². The van der Waals surface area contributed by atoms with E-state index in [1.165, 1.54) is 0 Å². The lowest BCUT2D eigenvalue weighted by Crippen LogP contribution is -2.47. The maximum absolute atomic E-state index is 12.7. The highest BCUT2D eigenvalue weighted by Crippen LogP contribution is 2.17. The molecule has 1 fully saturated rings. The van der Waals surface area contributed by atoms with Crippen molar-refractivity contribution in [3.05, 3.63) is 59.9 Å². The largest absolute Gasteiger partial charge is 0.486 e. The van der Waals surface area contributed by atoms with Crippen LogP contribution in [-0.4, -0.2) is 58.9 Å². The van der Waals surface area contributed by atoms with Crippen molar-refractivity contribution in [1.82, 2.24) is 19.8 Å². The van der Waals surface area contributed by atoms with Crippen molar-refractivity contribution in [3.8, 4) is 5.75 Å². The molecule has 1 N–H and O–H groups in total. The van der Waals surface area contributed by atoms with E-state index in [-0.39, 0.29) is 5.91 Å².